The highest BCUT2D eigenvalue weighted by Crippen LogP contribution is 2.12. The smallest absolute Gasteiger partial charge is 0.118 e. The summed E-state index contributed by atoms with van der Waals surface area (Å²) in [7, 11) is 1.64. The molecule has 0 spiro atoms. The summed E-state index contributed by atoms with van der Waals surface area (Å²) >= 11 is 0. The number of benzene rings is 1. The Morgan fingerprint density at radius 3 is 2.57 bits per heavy atom. The van der Waals surface area contributed by atoms with Crippen molar-refractivity contribution in [2.24, 2.45) is 0 Å². The Morgan fingerprint density at radius 1 is 1.29 bits per heavy atom. The highest BCUT2D eigenvalue weighted by atomic mass is 16.5. The molecule has 0 aliphatic carbocycles. The molecule has 0 amide bonds. The van der Waals surface area contributed by atoms with E-state index in [1.165, 1.54) is 0 Å². The van der Waals surface area contributed by atoms with Crippen LogP contribution in [0.1, 0.15) is 6.93 Å². The third-order valence-corrected chi connectivity index (χ3v) is 1.70. The highest BCUT2D eigenvalue weighted by Gasteiger charge is 1.88. The fourth-order valence-electron chi connectivity index (χ4n) is 0.983. The largest absolute Gasteiger partial charge is 0.497 e. The normalized spacial score (nSPS) is 12.6. The van der Waals surface area contributed by atoms with Gasteiger partial charge in [0.1, 0.15) is 5.75 Å². The van der Waals surface area contributed by atoms with Gasteiger partial charge in [0.15, 0.2) is 0 Å². The van der Waals surface area contributed by atoms with Gasteiger partial charge in [-0.05, 0) is 17.7 Å². The van der Waals surface area contributed by atoms with Gasteiger partial charge in [-0.3, -0.25) is 0 Å². The van der Waals surface area contributed by atoms with Crippen LogP contribution in [0.5, 0.6) is 5.75 Å². The van der Waals surface area contributed by atoms with E-state index >= 15 is 0 Å². The van der Waals surface area contributed by atoms with Gasteiger partial charge in [-0.25, -0.2) is 0 Å². The molecule has 0 fully saturated rings. The molecule has 1 nitrogen and oxygen atoms in total. The predicted molar refractivity (Wildman–Crippen MR) is 61.4 cm³/mol. The third-order valence-electron chi connectivity index (χ3n) is 1.70. The van der Waals surface area contributed by atoms with Gasteiger partial charge in [0.05, 0.1) is 8.48 Å². The summed E-state index contributed by atoms with van der Waals surface area (Å²) in [5, 5.41) is 0. The Morgan fingerprint density at radius 2 is 2.00 bits per heavy atom. The minimum atomic E-state index is 0.431. The van der Waals surface area contributed by atoms with Crippen molar-refractivity contribution in [3.63, 3.8) is 0 Å². The average molecular weight is 187 g/mol. The number of ether oxygens (including phenoxy) is 1. The zero-order valence-electron chi connectivity index (χ0n) is 9.23. The quantitative estimate of drug-likeness (QED) is 0.656. The zero-order chi connectivity index (χ0) is 11.1. The van der Waals surface area contributed by atoms with Gasteiger partial charge >= 0.3 is 0 Å². The molecule has 0 N–H and O–H groups in total. The molecule has 0 unspecified atom stereocenters. The van der Waals surface area contributed by atoms with Crippen LogP contribution in [0.25, 0.3) is 6.08 Å². The molecule has 0 saturated heterocycles. The molecule has 0 aliphatic heterocycles. The first-order valence-corrected chi connectivity index (χ1v) is 4.37. The zero-order valence-corrected chi connectivity index (χ0v) is 8.23. The van der Waals surface area contributed by atoms with E-state index in [9.17, 15) is 0 Å². The Balaban J connectivity index is 2.72. The first kappa shape index (κ1) is 8.82. The molecule has 0 bridgehead atoms. The lowest BCUT2D eigenvalue weighted by atomic mass is 10.2. The third kappa shape index (κ3) is 3.31. The van der Waals surface area contributed by atoms with Crippen LogP contribution in [0.2, 0.25) is 0 Å². The lowest BCUT2D eigenvalue weighted by molar-refractivity contribution is 0.415. The number of hydrogen-bond donors (Lipinski definition) is 0. The Hall–Kier alpha value is -1.76. The van der Waals surface area contributed by atoms with Gasteiger partial charge in [-0.2, -0.15) is 0 Å². The van der Waals surface area contributed by atoms with Crippen molar-refractivity contribution in [2.75, 3.05) is 7.11 Å². The molecule has 0 atom stereocenters. The van der Waals surface area contributed by atoms with Gasteiger partial charge in [-0.15, -0.1) is 0 Å². The first-order valence-electron chi connectivity index (χ1n) is 4.87. The van der Waals surface area contributed by atoms with Crippen LogP contribution in [-0.2, 0) is 0 Å². The molecule has 1 rings (SSSR count). The van der Waals surface area contributed by atoms with E-state index < -0.39 is 0 Å². The molecular formula is C13H14O. The summed E-state index contributed by atoms with van der Waals surface area (Å²) in [6.45, 7) is 3.53. The molecule has 1 aromatic carbocycles. The van der Waals surface area contributed by atoms with Crippen molar-refractivity contribution in [2.45, 2.75) is 0 Å². The van der Waals surface area contributed by atoms with Crippen LogP contribution in [-0.4, -0.2) is 7.11 Å². The van der Waals surface area contributed by atoms with E-state index in [1.54, 1.807) is 25.3 Å². The van der Waals surface area contributed by atoms with E-state index in [1.807, 2.05) is 30.3 Å². The molecule has 14 heavy (non-hydrogen) atoms. The fraction of sp³-hybridized carbons (Fsp3) is 0.0769. The molecule has 0 saturated carbocycles. The molecule has 1 heteroatoms. The molecule has 0 aromatic heterocycles. The van der Waals surface area contributed by atoms with Crippen LogP contribution in [0, 0.1) is 0 Å². The van der Waals surface area contributed by atoms with Crippen molar-refractivity contribution in [1.82, 2.24) is 0 Å². The van der Waals surface area contributed by atoms with Gasteiger partial charge < -0.3 is 4.74 Å². The maximum atomic E-state index is 7.48. The van der Waals surface area contributed by atoms with Crippen LogP contribution >= 0.6 is 0 Å². The van der Waals surface area contributed by atoms with Crippen molar-refractivity contribution in [3.8, 4) is 5.75 Å². The second-order valence-electron chi connectivity index (χ2n) is 2.68. The van der Waals surface area contributed by atoms with Gasteiger partial charge in [-0.1, -0.05) is 49.1 Å². The second-order valence-corrected chi connectivity index (χ2v) is 2.68. The molecule has 0 radical (unpaired) electrons. The standard InChI is InChI=1S/C13H14O/c1-3-4-5-6-7-12-8-10-13(14-2)11-9-12/h3-11H,1H2,2H3/b5-4+,7-6+/i5D. The minimum Gasteiger partial charge on any atom is -0.497 e. The van der Waals surface area contributed by atoms with Gasteiger partial charge in [0, 0.05) is 0 Å². The van der Waals surface area contributed by atoms with Crippen molar-refractivity contribution >= 4 is 6.08 Å². The molecule has 0 aliphatic rings. The van der Waals surface area contributed by atoms with Crippen molar-refractivity contribution in [3.05, 3.63) is 60.7 Å². The number of hydrogen-bond acceptors (Lipinski definition) is 1. The maximum Gasteiger partial charge on any atom is 0.118 e. The Bertz CT molecular complexity index is 374. The van der Waals surface area contributed by atoms with Crippen molar-refractivity contribution < 1.29 is 6.11 Å². The summed E-state index contributed by atoms with van der Waals surface area (Å²) in [5.74, 6) is 0.833. The maximum absolute atomic E-state index is 7.48. The molecule has 0 heterocycles. The fourth-order valence-corrected chi connectivity index (χ4v) is 0.983. The molecular weight excluding hydrogens is 172 g/mol. The summed E-state index contributed by atoms with van der Waals surface area (Å²) in [6.07, 6.45) is 6.84. The lowest BCUT2D eigenvalue weighted by Gasteiger charge is -1.98. The topological polar surface area (TPSA) is 9.23 Å². The molecule has 1 aromatic rings. The van der Waals surface area contributed by atoms with E-state index in [0.29, 0.717) is 6.05 Å². The minimum absolute atomic E-state index is 0.431. The van der Waals surface area contributed by atoms with Crippen LogP contribution in [0.15, 0.2) is 55.1 Å². The monoisotopic (exact) mass is 187 g/mol. The first-order chi connectivity index (χ1) is 7.26. The van der Waals surface area contributed by atoms with Crippen molar-refractivity contribution in [1.29, 1.82) is 0 Å². The summed E-state index contributed by atoms with van der Waals surface area (Å²) in [4.78, 5) is 0. The van der Waals surface area contributed by atoms with Gasteiger partial charge in [0.25, 0.3) is 0 Å². The Kier molecular flexibility index (Phi) is 3.66. The summed E-state index contributed by atoms with van der Waals surface area (Å²) in [6, 6.07) is 8.09. The van der Waals surface area contributed by atoms with Gasteiger partial charge in [0.2, 0.25) is 0 Å². The molecule has 72 valence electrons. The van der Waals surface area contributed by atoms with E-state index in [4.69, 9.17) is 6.11 Å². The number of rotatable bonds is 4. The summed E-state index contributed by atoms with van der Waals surface area (Å²) in [5.41, 5.74) is 1.04. The van der Waals surface area contributed by atoms with E-state index in [-0.39, 0.29) is 0 Å². The number of methoxy groups -OCH3 is 1. The number of allylic oxidation sites excluding steroid dienone is 4. The highest BCUT2D eigenvalue weighted by molar-refractivity contribution is 5.52. The Labute approximate surface area is 86.4 Å². The van der Waals surface area contributed by atoms with Crippen LogP contribution in [0.3, 0.4) is 0 Å². The van der Waals surface area contributed by atoms with E-state index in [2.05, 4.69) is 6.58 Å². The second kappa shape index (κ2) is 5.81. The predicted octanol–water partition coefficient (Wildman–Crippen LogP) is 3.45. The average Bonchev–Trinajstić information content (AvgIpc) is 2.27. The lowest BCUT2D eigenvalue weighted by Crippen LogP contribution is -1.81. The SMILES string of the molecule is [2H]C(/C=C/c1ccc(OC)cc1)=C\C=C. The van der Waals surface area contributed by atoms with Crippen LogP contribution in [0.4, 0.5) is 0 Å². The van der Waals surface area contributed by atoms with Crippen LogP contribution < -0.4 is 4.74 Å². The summed E-state index contributed by atoms with van der Waals surface area (Å²) < 4.78 is 12.5. The van der Waals surface area contributed by atoms with E-state index in [0.717, 1.165) is 11.3 Å².